The Balaban J connectivity index is 0.000000175. The van der Waals surface area contributed by atoms with Gasteiger partial charge in [0, 0.05) is 74.4 Å². The van der Waals surface area contributed by atoms with Crippen molar-refractivity contribution in [3.8, 4) is 65.8 Å². The molecule has 6 aliphatic carbocycles. The lowest BCUT2D eigenvalue weighted by molar-refractivity contribution is -0.277. The summed E-state index contributed by atoms with van der Waals surface area (Å²) in [7, 11) is 0. The van der Waals surface area contributed by atoms with Crippen LogP contribution in [0.2, 0.25) is 0 Å². The van der Waals surface area contributed by atoms with E-state index in [1.165, 1.54) is 32.1 Å². The van der Waals surface area contributed by atoms with Crippen molar-refractivity contribution in [2.75, 3.05) is 0 Å². The SMILES string of the molecule is [C-]#[N+]C([N+]#[C-])=C1Cc2c(C#N)c3c(c(C#N)c2=C1c1cc(F)c(C)c(F)c1)CC(=C(C#N)C#N)C=3c1cc(F)c(OC(F)(F)F)c(F)c1.[C-]#[N+]C([N+]#[C-])=C1Cc2c(F)c3c(c(F)c2=C1c1cc(F)c(C)c(F)c1)CC(=C(C#N)C#N)C=3c1cc(F)c(OC(F)(F)F)c(F)c1.[C-]#[N+]C([N+]#[C-])=C1Cc2cc3c(cc2=C1c1cc(F)c(C)c(F)c1)CC(=C(C#N)C#N)C=3c1cc(F)c(OC(F)(F)F)c(F)c1. The smallest absolute Gasteiger partial charge is 0.399 e. The molecule has 0 bridgehead atoms. The molecule has 0 fully saturated rings. The highest BCUT2D eigenvalue weighted by molar-refractivity contribution is 5.94. The number of benzene rings is 9. The first-order valence-corrected chi connectivity index (χ1v) is 38.4. The predicted molar refractivity (Wildman–Crippen MR) is 432 cm³/mol. The summed E-state index contributed by atoms with van der Waals surface area (Å²) in [6.07, 6.45) is -18.8. The lowest BCUT2D eigenvalue weighted by Crippen LogP contribution is -2.27. The second kappa shape index (κ2) is 36.8. The number of rotatable bonds is 9. The van der Waals surface area contributed by atoms with E-state index in [-0.39, 0.29) is 146 Å². The highest BCUT2D eigenvalue weighted by Crippen LogP contribution is 2.46. The Morgan fingerprint density at radius 2 is 0.478 bits per heavy atom. The molecule has 9 aromatic rings. The summed E-state index contributed by atoms with van der Waals surface area (Å²) in [5, 5.41) is 78.0. The summed E-state index contributed by atoms with van der Waals surface area (Å²) in [6, 6.07) is 25.0. The van der Waals surface area contributed by atoms with Crippen molar-refractivity contribution in [3.05, 3.63) is 428 Å². The van der Waals surface area contributed by atoms with Gasteiger partial charge in [0.25, 0.3) is 0 Å². The van der Waals surface area contributed by atoms with Gasteiger partial charge in [0.1, 0.15) is 151 Å². The average molecular weight is 1890 g/mol. The molecule has 0 atom stereocenters. The Morgan fingerprint density at radius 1 is 0.275 bits per heavy atom. The molecule has 0 heterocycles. The van der Waals surface area contributed by atoms with Crippen molar-refractivity contribution in [3.63, 3.8) is 0 Å². The van der Waals surface area contributed by atoms with Gasteiger partial charge in [0.2, 0.25) is 17.2 Å². The highest BCUT2D eigenvalue weighted by Gasteiger charge is 2.44. The standard InChI is InChI=1S/C34H11F7N6O.C32H11F9N4O.C32H13F7N4O/c1-14-24(35)4-15(5-25(14)36)29-21(33(46-2)47-3)9-20-23(13-45)30-19(22(12-44)31(20)29)8-18(17(10-42)11-43)28(30)16-6-26(37)32(27(38)7-16)48-34(39,40)41;1-12-20(33)4-13(5-21(12)34)25-19(31(44-2)45-3)9-18-27(25)28(37)17-8-16(15(10-42)11-43)24(26(17)29(18)38)14-6-22(35)30(23(36)7-14)46-32(39,40)41;1-14-24(33)8-17(9-25(14)34)29-21-4-15-6-22(19(12-40)13-41)28(20(15)5-16(21)7-23(29)31(42-2)43-3)18-10-26(35)30(27(36)11-18)44-32(37,38)39/h4-7H,8-9H2,1H3;4-7H,8-9H2,1H3;4-5,8-11H,6-7H2,1H3. The minimum Gasteiger partial charge on any atom is -0.399 e. The zero-order valence-corrected chi connectivity index (χ0v) is 69.0. The number of alkyl halides is 9. The van der Waals surface area contributed by atoms with E-state index in [1.807, 2.05) is 12.1 Å². The van der Waals surface area contributed by atoms with Gasteiger partial charge in [-0.1, -0.05) is 0 Å². The summed E-state index contributed by atoms with van der Waals surface area (Å²) >= 11 is 0. The van der Waals surface area contributed by atoms with Gasteiger partial charge in [-0.15, -0.1) is 39.5 Å². The van der Waals surface area contributed by atoms with Crippen LogP contribution in [-0.4, -0.2) is 19.1 Å². The van der Waals surface area contributed by atoms with Crippen molar-refractivity contribution >= 4 is 33.4 Å². The lowest BCUT2D eigenvalue weighted by Gasteiger charge is -2.13. The van der Waals surface area contributed by atoms with Crippen molar-refractivity contribution in [2.45, 2.75) is 78.4 Å². The van der Waals surface area contributed by atoms with E-state index in [2.05, 4.69) is 43.3 Å². The van der Waals surface area contributed by atoms with Crippen LogP contribution in [0.5, 0.6) is 17.2 Å². The molecular formula is C98H35F23N14O3. The molecule has 0 amide bonds. The number of hydrogen-bond acceptors (Lipinski definition) is 11. The molecule has 40 heteroatoms. The van der Waals surface area contributed by atoms with Crippen LogP contribution in [0, 0.1) is 232 Å². The van der Waals surface area contributed by atoms with Crippen molar-refractivity contribution in [2.24, 2.45) is 0 Å². The Bertz CT molecular complexity index is 8290. The Labute approximate surface area is 760 Å². The van der Waals surface area contributed by atoms with Crippen molar-refractivity contribution in [1.29, 1.82) is 42.1 Å². The third-order valence-corrected chi connectivity index (χ3v) is 22.6. The highest BCUT2D eigenvalue weighted by atomic mass is 19.4. The second-order valence-corrected chi connectivity index (χ2v) is 29.9. The number of ether oxygens (including phenoxy) is 3. The number of hydrogen-bond donors (Lipinski definition) is 0. The monoisotopic (exact) mass is 1890 g/mol. The molecule has 0 saturated carbocycles. The summed E-state index contributed by atoms with van der Waals surface area (Å²) < 4.78 is 336. The zero-order valence-electron chi connectivity index (χ0n) is 69.0. The number of nitrogens with zero attached hydrogens (tertiary/aromatic N) is 14. The number of fused-ring (bicyclic) bond motifs is 6. The third kappa shape index (κ3) is 17.1. The van der Waals surface area contributed by atoms with Gasteiger partial charge in [0.05, 0.1) is 27.8 Å². The lowest BCUT2D eigenvalue weighted by atomic mass is 9.92. The molecule has 138 heavy (non-hydrogen) atoms. The molecule has 0 aliphatic heterocycles. The van der Waals surface area contributed by atoms with E-state index >= 15 is 8.78 Å². The number of allylic oxidation sites excluding steroid dienone is 9. The van der Waals surface area contributed by atoms with Gasteiger partial charge >= 0.3 is 36.5 Å². The molecule has 0 spiro atoms. The van der Waals surface area contributed by atoms with Gasteiger partial charge in [-0.05, 0) is 235 Å². The molecule has 6 aliphatic rings. The van der Waals surface area contributed by atoms with Crippen LogP contribution in [0.1, 0.15) is 94.6 Å². The maximum atomic E-state index is 16.6. The largest absolute Gasteiger partial charge is 0.573 e. The third-order valence-electron chi connectivity index (χ3n) is 22.6. The summed E-state index contributed by atoms with van der Waals surface area (Å²) in [5.74, 6) is -26.1. The molecule has 0 radical (unpaired) electrons. The molecule has 0 N–H and O–H groups in total. The van der Waals surface area contributed by atoms with E-state index < -0.39 is 221 Å². The molecule has 17 nitrogen and oxygen atoms in total. The van der Waals surface area contributed by atoms with Gasteiger partial charge in [-0.3, -0.25) is 0 Å². The van der Waals surface area contributed by atoms with Crippen LogP contribution >= 0.6 is 0 Å². The number of nitriles is 8. The van der Waals surface area contributed by atoms with Crippen LogP contribution in [-0.2, 0) is 38.5 Å². The van der Waals surface area contributed by atoms with Crippen LogP contribution in [0.25, 0.3) is 62.5 Å². The molecule has 0 aromatic heterocycles. The fraction of sp³-hybridized carbons (Fsp3) is 0.122. The van der Waals surface area contributed by atoms with Gasteiger partial charge < -0.3 is 14.2 Å². The van der Waals surface area contributed by atoms with Crippen molar-refractivity contribution in [1.82, 2.24) is 0 Å². The predicted octanol–water partition coefficient (Wildman–Crippen LogP) is 19.1. The summed E-state index contributed by atoms with van der Waals surface area (Å²) in [4.78, 5) is 19.1. The molecule has 9 aromatic carbocycles. The van der Waals surface area contributed by atoms with Gasteiger partial charge in [-0.25, -0.2) is 61.5 Å². The van der Waals surface area contributed by atoms with E-state index in [4.69, 9.17) is 39.4 Å². The fourth-order valence-electron chi connectivity index (χ4n) is 16.9. The first kappa shape index (κ1) is 96.8. The summed E-state index contributed by atoms with van der Waals surface area (Å²) in [6.45, 7) is 48.4. The molecule has 0 unspecified atom stereocenters. The molecule has 15 rings (SSSR count). The number of halogens is 23. The molecular weight excluding hydrogens is 1860 g/mol. The Morgan fingerprint density at radius 3 is 0.739 bits per heavy atom. The molecule has 676 valence electrons. The van der Waals surface area contributed by atoms with Crippen molar-refractivity contribution < 1.29 is 115 Å². The minimum absolute atomic E-state index is 0.000699. The maximum Gasteiger partial charge on any atom is 0.573 e. The average Bonchev–Trinajstić information content (AvgIpc) is 1.55. The minimum atomic E-state index is -5.50. The zero-order chi connectivity index (χ0) is 101. The summed E-state index contributed by atoms with van der Waals surface area (Å²) in [5.41, 5.74) is -7.48. The van der Waals surface area contributed by atoms with Crippen LogP contribution < -0.4 is 45.5 Å². The van der Waals surface area contributed by atoms with Gasteiger partial charge in [0.15, 0.2) is 34.9 Å². The Hall–Kier alpha value is -18.7. The normalized spacial score (nSPS) is 13.3. The van der Waals surface area contributed by atoms with Crippen LogP contribution in [0.15, 0.2) is 153 Å². The van der Waals surface area contributed by atoms with Crippen LogP contribution in [0.4, 0.5) is 101 Å². The first-order chi connectivity index (χ1) is 65.2. The topological polar surface area (TPSA) is 244 Å². The van der Waals surface area contributed by atoms with E-state index in [9.17, 15) is 134 Å². The quantitative estimate of drug-likeness (QED) is 0.0747. The maximum absolute atomic E-state index is 16.6. The second-order valence-electron chi connectivity index (χ2n) is 29.9. The van der Waals surface area contributed by atoms with E-state index in [1.54, 1.807) is 30.3 Å². The van der Waals surface area contributed by atoms with E-state index in [0.717, 1.165) is 43.3 Å². The molecule has 0 saturated heterocycles. The van der Waals surface area contributed by atoms with Gasteiger partial charge in [-0.2, -0.15) is 71.2 Å². The van der Waals surface area contributed by atoms with E-state index in [0.29, 0.717) is 52.7 Å². The Kier molecular flexibility index (Phi) is 25.8. The first-order valence-electron chi connectivity index (χ1n) is 38.4. The van der Waals surface area contributed by atoms with Crippen LogP contribution in [0.3, 0.4) is 0 Å². The fourth-order valence-corrected chi connectivity index (χ4v) is 16.9.